The normalized spacial score (nSPS) is 12.1. The van der Waals surface area contributed by atoms with Gasteiger partial charge < -0.3 is 15.1 Å². The van der Waals surface area contributed by atoms with E-state index in [4.69, 9.17) is 5.11 Å². The molecule has 1 aromatic rings. The molecule has 0 radical (unpaired) electrons. The van der Waals surface area contributed by atoms with Gasteiger partial charge in [-0.05, 0) is 5.56 Å². The standard InChI is InChI=1S/C13H20NO.H2O/c1-14(2,3)13(9-10-15)11-12-7-5-4-6-8-12;/h4-8,11,15H,9-10H2,1-3H3;1H2/q+1;/p-1. The Balaban J connectivity index is 0.00000225. The molecule has 0 saturated carbocycles. The summed E-state index contributed by atoms with van der Waals surface area (Å²) < 4.78 is 0.759. The van der Waals surface area contributed by atoms with Gasteiger partial charge in [-0.3, -0.25) is 0 Å². The summed E-state index contributed by atoms with van der Waals surface area (Å²) in [4.78, 5) is 0. The average Bonchev–Trinajstić information content (AvgIpc) is 2.17. The maximum Gasteiger partial charge on any atom is 0.111 e. The summed E-state index contributed by atoms with van der Waals surface area (Å²) in [5, 5.41) is 9.03. The Morgan fingerprint density at radius 2 is 1.75 bits per heavy atom. The summed E-state index contributed by atoms with van der Waals surface area (Å²) in [7, 11) is 6.35. The molecule has 90 valence electrons. The van der Waals surface area contributed by atoms with Gasteiger partial charge in [0.1, 0.15) is 5.70 Å². The lowest BCUT2D eigenvalue weighted by Crippen LogP contribution is -2.33. The van der Waals surface area contributed by atoms with Gasteiger partial charge >= 0.3 is 0 Å². The highest BCUT2D eigenvalue weighted by atomic mass is 16.3. The van der Waals surface area contributed by atoms with Crippen molar-refractivity contribution < 1.29 is 15.1 Å². The molecule has 1 aromatic carbocycles. The van der Waals surface area contributed by atoms with Gasteiger partial charge in [0.15, 0.2) is 0 Å². The molecule has 16 heavy (non-hydrogen) atoms. The molecule has 1 rings (SSSR count). The van der Waals surface area contributed by atoms with Crippen molar-refractivity contribution in [3.05, 3.63) is 41.6 Å². The summed E-state index contributed by atoms with van der Waals surface area (Å²) in [6, 6.07) is 10.2. The number of benzene rings is 1. The molecule has 0 aromatic heterocycles. The van der Waals surface area contributed by atoms with Gasteiger partial charge in [0.2, 0.25) is 0 Å². The molecule has 0 unspecified atom stereocenters. The average molecular weight is 223 g/mol. The molecule has 0 saturated heterocycles. The topological polar surface area (TPSA) is 50.2 Å². The molecule has 3 nitrogen and oxygen atoms in total. The van der Waals surface area contributed by atoms with Crippen molar-refractivity contribution in [2.24, 2.45) is 0 Å². The molecule has 0 spiro atoms. The second-order valence-electron chi connectivity index (χ2n) is 4.53. The summed E-state index contributed by atoms with van der Waals surface area (Å²) in [6.45, 7) is 0.203. The molecule has 0 heterocycles. The number of aliphatic hydroxyl groups excluding tert-OH is 1. The fourth-order valence-electron chi connectivity index (χ4n) is 1.46. The fourth-order valence-corrected chi connectivity index (χ4v) is 1.46. The van der Waals surface area contributed by atoms with Gasteiger partial charge in [0.05, 0.1) is 27.7 Å². The van der Waals surface area contributed by atoms with Crippen molar-refractivity contribution in [1.82, 2.24) is 0 Å². The lowest BCUT2D eigenvalue weighted by atomic mass is 10.1. The van der Waals surface area contributed by atoms with E-state index in [9.17, 15) is 0 Å². The lowest BCUT2D eigenvalue weighted by molar-refractivity contribution is -0.831. The minimum atomic E-state index is 0. The van der Waals surface area contributed by atoms with Crippen molar-refractivity contribution in [1.29, 1.82) is 0 Å². The Kier molecular flexibility index (Phi) is 5.96. The summed E-state index contributed by atoms with van der Waals surface area (Å²) in [5.41, 5.74) is 2.41. The molecule has 0 atom stereocenters. The van der Waals surface area contributed by atoms with E-state index >= 15 is 0 Å². The first-order chi connectivity index (χ1) is 7.04. The van der Waals surface area contributed by atoms with Crippen molar-refractivity contribution >= 4 is 6.08 Å². The van der Waals surface area contributed by atoms with Crippen LogP contribution in [0.5, 0.6) is 0 Å². The van der Waals surface area contributed by atoms with Crippen LogP contribution in [-0.4, -0.2) is 42.8 Å². The molecule has 0 amide bonds. The number of aliphatic hydroxyl groups is 1. The minimum Gasteiger partial charge on any atom is -0.870 e. The number of rotatable bonds is 4. The molecule has 0 fully saturated rings. The van der Waals surface area contributed by atoms with E-state index < -0.39 is 0 Å². The third-order valence-electron chi connectivity index (χ3n) is 2.36. The summed E-state index contributed by atoms with van der Waals surface area (Å²) >= 11 is 0. The Bertz CT molecular complexity index is 326. The molecule has 0 aliphatic rings. The third-order valence-corrected chi connectivity index (χ3v) is 2.36. The predicted octanol–water partition coefficient (Wildman–Crippen LogP) is 1.94. The Labute approximate surface area is 97.5 Å². The fraction of sp³-hybridized carbons (Fsp3) is 0.385. The first-order valence-corrected chi connectivity index (χ1v) is 5.22. The van der Waals surface area contributed by atoms with E-state index in [1.807, 2.05) is 18.2 Å². The number of quaternary nitrogens is 1. The van der Waals surface area contributed by atoms with Crippen LogP contribution in [0.2, 0.25) is 0 Å². The van der Waals surface area contributed by atoms with Crippen LogP contribution in [0.3, 0.4) is 0 Å². The molecule has 3 heteroatoms. The Morgan fingerprint density at radius 1 is 1.19 bits per heavy atom. The van der Waals surface area contributed by atoms with Crippen LogP contribution in [0.25, 0.3) is 6.08 Å². The predicted molar refractivity (Wildman–Crippen MR) is 66.1 cm³/mol. The van der Waals surface area contributed by atoms with Crippen LogP contribution in [0, 0.1) is 0 Å². The van der Waals surface area contributed by atoms with E-state index in [2.05, 4.69) is 39.4 Å². The smallest absolute Gasteiger partial charge is 0.111 e. The third kappa shape index (κ3) is 4.57. The van der Waals surface area contributed by atoms with Gasteiger partial charge in [0.25, 0.3) is 0 Å². The van der Waals surface area contributed by atoms with Crippen molar-refractivity contribution in [2.75, 3.05) is 27.7 Å². The molecule has 0 bridgehead atoms. The van der Waals surface area contributed by atoms with Gasteiger partial charge in [-0.1, -0.05) is 30.3 Å². The number of hydrogen-bond acceptors (Lipinski definition) is 2. The SMILES string of the molecule is C[N+](C)(C)C(=Cc1ccccc1)CCO.[OH-]. The van der Waals surface area contributed by atoms with Crippen LogP contribution in [-0.2, 0) is 0 Å². The molecule has 0 aliphatic heterocycles. The maximum absolute atomic E-state index is 9.03. The van der Waals surface area contributed by atoms with Crippen LogP contribution >= 0.6 is 0 Å². The molecule has 2 N–H and O–H groups in total. The van der Waals surface area contributed by atoms with Gasteiger partial charge in [-0.25, -0.2) is 0 Å². The first-order valence-electron chi connectivity index (χ1n) is 5.22. The monoisotopic (exact) mass is 223 g/mol. The van der Waals surface area contributed by atoms with E-state index in [1.54, 1.807) is 0 Å². The zero-order chi connectivity index (χ0) is 11.3. The summed E-state index contributed by atoms with van der Waals surface area (Å²) in [6.07, 6.45) is 2.87. The Morgan fingerprint density at radius 3 is 2.19 bits per heavy atom. The summed E-state index contributed by atoms with van der Waals surface area (Å²) in [5.74, 6) is 0. The van der Waals surface area contributed by atoms with E-state index in [0.29, 0.717) is 0 Å². The van der Waals surface area contributed by atoms with Crippen LogP contribution in [0.15, 0.2) is 36.0 Å². The zero-order valence-electron chi connectivity index (χ0n) is 10.2. The minimum absolute atomic E-state index is 0. The van der Waals surface area contributed by atoms with Crippen molar-refractivity contribution in [3.8, 4) is 0 Å². The largest absolute Gasteiger partial charge is 0.870 e. The van der Waals surface area contributed by atoms with E-state index in [-0.39, 0.29) is 12.1 Å². The molecular weight excluding hydrogens is 202 g/mol. The van der Waals surface area contributed by atoms with Crippen LogP contribution in [0.1, 0.15) is 12.0 Å². The van der Waals surface area contributed by atoms with Gasteiger partial charge in [0, 0.05) is 12.5 Å². The molecule has 0 aliphatic carbocycles. The van der Waals surface area contributed by atoms with Gasteiger partial charge in [-0.2, -0.15) is 0 Å². The van der Waals surface area contributed by atoms with Crippen molar-refractivity contribution in [2.45, 2.75) is 6.42 Å². The second kappa shape index (κ2) is 6.43. The van der Waals surface area contributed by atoms with E-state index in [0.717, 1.165) is 10.9 Å². The lowest BCUT2D eigenvalue weighted by Gasteiger charge is -2.26. The van der Waals surface area contributed by atoms with Crippen LogP contribution < -0.4 is 0 Å². The maximum atomic E-state index is 9.03. The number of nitrogens with zero attached hydrogens (tertiary/aromatic N) is 1. The van der Waals surface area contributed by atoms with Crippen LogP contribution in [0.4, 0.5) is 0 Å². The Hall–Kier alpha value is -1.16. The quantitative estimate of drug-likeness (QED) is 0.793. The second-order valence-corrected chi connectivity index (χ2v) is 4.53. The van der Waals surface area contributed by atoms with E-state index in [1.165, 1.54) is 11.3 Å². The highest BCUT2D eigenvalue weighted by Gasteiger charge is 2.15. The first kappa shape index (κ1) is 14.8. The van der Waals surface area contributed by atoms with Gasteiger partial charge in [-0.15, -0.1) is 0 Å². The highest BCUT2D eigenvalue weighted by molar-refractivity contribution is 5.50. The highest BCUT2D eigenvalue weighted by Crippen LogP contribution is 2.16. The number of hydrogen-bond donors (Lipinski definition) is 1. The van der Waals surface area contributed by atoms with Crippen molar-refractivity contribution in [3.63, 3.8) is 0 Å². The zero-order valence-corrected chi connectivity index (χ0v) is 10.2. The molecular formula is C13H21NO2.